The monoisotopic (exact) mass is 306 g/mol. The Hall–Kier alpha value is -0.960. The molecule has 0 spiro atoms. The Morgan fingerprint density at radius 3 is 2.88 bits per heavy atom. The summed E-state index contributed by atoms with van der Waals surface area (Å²) in [5.74, 6) is 0. The molecule has 8 heteroatoms. The van der Waals surface area contributed by atoms with E-state index in [1.807, 2.05) is 0 Å². The summed E-state index contributed by atoms with van der Waals surface area (Å²) in [6, 6.07) is 0. The van der Waals surface area contributed by atoms with Crippen LogP contribution in [0.15, 0.2) is 20.3 Å². The number of nitrogens with zero attached hydrogens (tertiary/aromatic N) is 1. The van der Waals surface area contributed by atoms with Gasteiger partial charge in [-0.25, -0.2) is 4.79 Å². The van der Waals surface area contributed by atoms with Gasteiger partial charge in [0.1, 0.15) is 12.3 Å². The van der Waals surface area contributed by atoms with Gasteiger partial charge in [0, 0.05) is 12.6 Å². The van der Waals surface area contributed by atoms with Gasteiger partial charge in [0.2, 0.25) is 0 Å². The van der Waals surface area contributed by atoms with Gasteiger partial charge in [0.25, 0.3) is 5.56 Å². The summed E-state index contributed by atoms with van der Waals surface area (Å²) in [6.07, 6.45) is -0.745. The van der Waals surface area contributed by atoms with Crippen LogP contribution in [0.1, 0.15) is 12.6 Å². The van der Waals surface area contributed by atoms with Gasteiger partial charge >= 0.3 is 5.69 Å². The number of ether oxygens (including phenoxy) is 1. The molecule has 0 bridgehead atoms. The average Bonchev–Trinajstić information content (AvgIpc) is 2.65. The van der Waals surface area contributed by atoms with Crippen LogP contribution in [0.3, 0.4) is 0 Å². The van der Waals surface area contributed by atoms with Gasteiger partial charge in [-0.2, -0.15) is 0 Å². The van der Waals surface area contributed by atoms with Gasteiger partial charge in [-0.3, -0.25) is 14.3 Å². The number of aliphatic hydroxyl groups is 2. The number of rotatable bonds is 2. The number of hydrogen-bond donors (Lipinski definition) is 3. The standard InChI is InChI=1S/C9H11BrN2O5/c10-4-2-12(9(16)11-8(4)15)7-1-5(14)6(3-13)17-7/h2,5-7,13-14H,1,3H2,(H,11,15,16). The predicted molar refractivity (Wildman–Crippen MR) is 60.6 cm³/mol. The highest BCUT2D eigenvalue weighted by atomic mass is 79.9. The number of aromatic amines is 1. The quantitative estimate of drug-likeness (QED) is 0.646. The van der Waals surface area contributed by atoms with Crippen LogP contribution >= 0.6 is 15.9 Å². The first-order chi connectivity index (χ1) is 8.02. The zero-order valence-corrected chi connectivity index (χ0v) is 10.3. The lowest BCUT2D eigenvalue weighted by atomic mass is 10.2. The maximum absolute atomic E-state index is 11.5. The van der Waals surface area contributed by atoms with Gasteiger partial charge in [0.15, 0.2) is 0 Å². The predicted octanol–water partition coefficient (Wildman–Crippen LogP) is -1.06. The van der Waals surface area contributed by atoms with Crippen LogP contribution in [0, 0.1) is 0 Å². The lowest BCUT2D eigenvalue weighted by molar-refractivity contribution is -0.0459. The van der Waals surface area contributed by atoms with E-state index in [1.165, 1.54) is 10.8 Å². The van der Waals surface area contributed by atoms with E-state index < -0.39 is 29.7 Å². The fraction of sp³-hybridized carbons (Fsp3) is 0.556. The topological polar surface area (TPSA) is 105 Å². The summed E-state index contributed by atoms with van der Waals surface area (Å²) in [5.41, 5.74) is -1.14. The van der Waals surface area contributed by atoms with Crippen molar-refractivity contribution in [2.45, 2.75) is 24.9 Å². The van der Waals surface area contributed by atoms with Crippen molar-refractivity contribution in [3.63, 3.8) is 0 Å². The number of H-pyrrole nitrogens is 1. The molecule has 0 aliphatic carbocycles. The van der Waals surface area contributed by atoms with Gasteiger partial charge in [-0.1, -0.05) is 0 Å². The Bertz CT molecular complexity index is 525. The van der Waals surface area contributed by atoms with Crippen molar-refractivity contribution >= 4 is 15.9 Å². The van der Waals surface area contributed by atoms with E-state index in [-0.39, 0.29) is 17.5 Å². The molecule has 7 nitrogen and oxygen atoms in total. The third-order valence-corrected chi connectivity index (χ3v) is 3.18. The SMILES string of the molecule is O=c1[nH]c(=O)n(C2CC(O)C(CO)O2)cc1Br. The minimum Gasteiger partial charge on any atom is -0.394 e. The largest absolute Gasteiger partial charge is 0.394 e. The summed E-state index contributed by atoms with van der Waals surface area (Å²) in [6.45, 7) is -0.322. The van der Waals surface area contributed by atoms with E-state index >= 15 is 0 Å². The minimum absolute atomic E-state index is 0.184. The van der Waals surface area contributed by atoms with Crippen LogP contribution in [0.5, 0.6) is 0 Å². The Morgan fingerprint density at radius 1 is 1.59 bits per heavy atom. The molecule has 94 valence electrons. The zero-order chi connectivity index (χ0) is 12.6. The fourth-order valence-electron chi connectivity index (χ4n) is 1.72. The molecule has 1 aliphatic heterocycles. The third-order valence-electron chi connectivity index (χ3n) is 2.62. The van der Waals surface area contributed by atoms with E-state index in [2.05, 4.69) is 20.9 Å². The van der Waals surface area contributed by atoms with E-state index in [0.717, 1.165) is 0 Å². The number of aromatic nitrogens is 2. The maximum atomic E-state index is 11.5. The number of hydrogen-bond acceptors (Lipinski definition) is 5. The summed E-state index contributed by atoms with van der Waals surface area (Å²) in [7, 11) is 0. The molecule has 17 heavy (non-hydrogen) atoms. The van der Waals surface area contributed by atoms with Crippen molar-refractivity contribution in [1.29, 1.82) is 0 Å². The van der Waals surface area contributed by atoms with Gasteiger partial charge in [-0.05, 0) is 15.9 Å². The molecule has 1 fully saturated rings. The Labute approximate surface area is 104 Å². The van der Waals surface area contributed by atoms with Crippen LogP contribution in [0.2, 0.25) is 0 Å². The molecule has 3 N–H and O–H groups in total. The molecule has 1 aromatic rings. The van der Waals surface area contributed by atoms with Gasteiger partial charge in [-0.15, -0.1) is 0 Å². The fourth-order valence-corrected chi connectivity index (χ4v) is 2.04. The molecule has 2 heterocycles. The number of halogens is 1. The summed E-state index contributed by atoms with van der Waals surface area (Å²) < 4.78 is 6.67. The zero-order valence-electron chi connectivity index (χ0n) is 8.67. The molecule has 2 rings (SSSR count). The molecule has 0 radical (unpaired) electrons. The highest BCUT2D eigenvalue weighted by molar-refractivity contribution is 9.10. The van der Waals surface area contributed by atoms with E-state index in [1.54, 1.807) is 0 Å². The normalized spacial score (nSPS) is 28.5. The maximum Gasteiger partial charge on any atom is 0.330 e. The molecular weight excluding hydrogens is 296 g/mol. The molecule has 1 aromatic heterocycles. The summed E-state index contributed by atoms with van der Waals surface area (Å²) in [4.78, 5) is 24.8. The van der Waals surface area contributed by atoms with Crippen molar-refractivity contribution in [2.24, 2.45) is 0 Å². The molecular formula is C9H11BrN2O5. The van der Waals surface area contributed by atoms with Crippen molar-refractivity contribution in [3.05, 3.63) is 31.5 Å². The van der Waals surface area contributed by atoms with Crippen molar-refractivity contribution in [3.8, 4) is 0 Å². The van der Waals surface area contributed by atoms with Crippen molar-refractivity contribution in [1.82, 2.24) is 9.55 Å². The van der Waals surface area contributed by atoms with Crippen LogP contribution in [-0.2, 0) is 4.74 Å². The van der Waals surface area contributed by atoms with Crippen LogP contribution in [0.25, 0.3) is 0 Å². The Kier molecular flexibility index (Phi) is 3.48. The van der Waals surface area contributed by atoms with Crippen LogP contribution < -0.4 is 11.2 Å². The molecule has 1 saturated heterocycles. The van der Waals surface area contributed by atoms with Crippen LogP contribution in [-0.4, -0.2) is 38.6 Å². The first-order valence-corrected chi connectivity index (χ1v) is 5.77. The number of nitrogens with one attached hydrogen (secondary N) is 1. The van der Waals surface area contributed by atoms with E-state index in [9.17, 15) is 14.7 Å². The first kappa shape index (κ1) is 12.5. The molecule has 0 saturated carbocycles. The lowest BCUT2D eigenvalue weighted by Crippen LogP contribution is -2.32. The highest BCUT2D eigenvalue weighted by Crippen LogP contribution is 2.27. The van der Waals surface area contributed by atoms with Gasteiger partial charge in [0.05, 0.1) is 17.2 Å². The second-order valence-electron chi connectivity index (χ2n) is 3.76. The summed E-state index contributed by atoms with van der Waals surface area (Å²) in [5, 5.41) is 18.5. The highest BCUT2D eigenvalue weighted by Gasteiger charge is 2.35. The summed E-state index contributed by atoms with van der Waals surface area (Å²) >= 11 is 3.00. The Balaban J connectivity index is 2.34. The van der Waals surface area contributed by atoms with E-state index in [4.69, 9.17) is 9.84 Å². The average molecular weight is 307 g/mol. The minimum atomic E-state index is -0.831. The lowest BCUT2D eigenvalue weighted by Gasteiger charge is -2.14. The van der Waals surface area contributed by atoms with Gasteiger partial charge < -0.3 is 14.9 Å². The molecule has 3 unspecified atom stereocenters. The molecule has 0 aromatic carbocycles. The van der Waals surface area contributed by atoms with Crippen molar-refractivity contribution < 1.29 is 14.9 Å². The smallest absolute Gasteiger partial charge is 0.330 e. The first-order valence-electron chi connectivity index (χ1n) is 4.98. The third kappa shape index (κ3) is 2.34. The second-order valence-corrected chi connectivity index (χ2v) is 4.61. The van der Waals surface area contributed by atoms with Crippen molar-refractivity contribution in [2.75, 3.05) is 6.61 Å². The van der Waals surface area contributed by atoms with E-state index in [0.29, 0.717) is 0 Å². The number of aliphatic hydroxyl groups excluding tert-OH is 2. The molecule has 3 atom stereocenters. The Morgan fingerprint density at radius 2 is 2.29 bits per heavy atom. The second kappa shape index (κ2) is 4.73. The molecule has 0 amide bonds. The van der Waals surface area contributed by atoms with Crippen LogP contribution in [0.4, 0.5) is 0 Å². The molecule has 1 aliphatic rings.